The number of rotatable bonds is 11. The Morgan fingerprint density at radius 3 is 2.35 bits per heavy atom. The molecule has 3 aromatic rings. The standard InChI is InChI=1S/C31H34Cl2N4O3/c1-3-36(4-2)17-16-34-30(38)29-19-26(35-40-21-22-10-15-27(32)28(33)18-22)20-37(29)31(39)25-13-11-24(12-14-25)23-8-6-5-7-9-23/h5-15,18,29H,3-4,16-17,19-21H2,1-2H3,(H,34,38)/b35-26-/t29-/m0/s1. The van der Waals surface area contributed by atoms with E-state index in [1.54, 1.807) is 29.2 Å². The number of oxime groups is 1. The molecule has 1 atom stereocenters. The lowest BCUT2D eigenvalue weighted by molar-refractivity contribution is -0.124. The van der Waals surface area contributed by atoms with E-state index in [0.29, 0.717) is 34.3 Å². The first kappa shape index (κ1) is 29.6. The Hall–Kier alpha value is -3.39. The third-order valence-electron chi connectivity index (χ3n) is 6.99. The number of nitrogens with zero attached hydrogens (tertiary/aromatic N) is 3. The van der Waals surface area contributed by atoms with E-state index in [9.17, 15) is 9.59 Å². The largest absolute Gasteiger partial charge is 0.391 e. The van der Waals surface area contributed by atoms with Crippen molar-refractivity contribution >= 4 is 40.7 Å². The van der Waals surface area contributed by atoms with E-state index in [2.05, 4.69) is 29.2 Å². The number of amides is 2. The van der Waals surface area contributed by atoms with Gasteiger partial charge in [-0.2, -0.15) is 0 Å². The molecule has 3 aromatic carbocycles. The van der Waals surface area contributed by atoms with Crippen LogP contribution in [0.4, 0.5) is 0 Å². The summed E-state index contributed by atoms with van der Waals surface area (Å²) < 4.78 is 0. The molecule has 40 heavy (non-hydrogen) atoms. The highest BCUT2D eigenvalue weighted by molar-refractivity contribution is 6.42. The Labute approximate surface area is 245 Å². The summed E-state index contributed by atoms with van der Waals surface area (Å²) in [5.74, 6) is -0.422. The van der Waals surface area contributed by atoms with Crippen LogP contribution in [0.3, 0.4) is 0 Å². The van der Waals surface area contributed by atoms with E-state index >= 15 is 0 Å². The molecule has 1 saturated heterocycles. The van der Waals surface area contributed by atoms with E-state index in [-0.39, 0.29) is 25.0 Å². The van der Waals surface area contributed by atoms with Crippen LogP contribution in [0.15, 0.2) is 78.0 Å². The van der Waals surface area contributed by atoms with Gasteiger partial charge in [0.1, 0.15) is 12.6 Å². The van der Waals surface area contributed by atoms with Crippen LogP contribution in [0.5, 0.6) is 0 Å². The highest BCUT2D eigenvalue weighted by Gasteiger charge is 2.38. The van der Waals surface area contributed by atoms with E-state index in [4.69, 9.17) is 28.0 Å². The second kappa shape index (κ2) is 14.3. The molecule has 0 saturated carbocycles. The minimum atomic E-state index is -0.676. The maximum atomic E-state index is 13.6. The Bertz CT molecular complexity index is 1330. The normalized spacial score (nSPS) is 16.0. The van der Waals surface area contributed by atoms with Crippen molar-refractivity contribution in [2.24, 2.45) is 5.16 Å². The average Bonchev–Trinajstić information content (AvgIpc) is 3.41. The van der Waals surface area contributed by atoms with Crippen LogP contribution in [-0.2, 0) is 16.2 Å². The number of carbonyl (C=O) groups excluding carboxylic acids is 2. The van der Waals surface area contributed by atoms with E-state index in [1.165, 1.54) is 0 Å². The number of benzene rings is 3. The van der Waals surface area contributed by atoms with Gasteiger partial charge in [0.25, 0.3) is 5.91 Å². The molecule has 1 N–H and O–H groups in total. The lowest BCUT2D eigenvalue weighted by Crippen LogP contribution is -2.47. The Morgan fingerprint density at radius 1 is 0.975 bits per heavy atom. The zero-order chi connectivity index (χ0) is 28.5. The SMILES string of the molecule is CCN(CC)CCNC(=O)[C@@H]1C/C(=N/OCc2ccc(Cl)c(Cl)c2)CN1C(=O)c1ccc(-c2ccccc2)cc1. The first-order valence-electron chi connectivity index (χ1n) is 13.5. The maximum absolute atomic E-state index is 13.6. The zero-order valence-corrected chi connectivity index (χ0v) is 24.3. The van der Waals surface area contributed by atoms with E-state index in [1.807, 2.05) is 48.5 Å². The molecule has 1 fully saturated rings. The molecule has 0 spiro atoms. The number of halogens is 2. The van der Waals surface area contributed by atoms with Crippen molar-refractivity contribution in [1.29, 1.82) is 0 Å². The summed E-state index contributed by atoms with van der Waals surface area (Å²) in [6.45, 7) is 7.64. The molecule has 2 amide bonds. The van der Waals surface area contributed by atoms with Gasteiger partial charge in [-0.1, -0.05) is 90.7 Å². The Morgan fingerprint density at radius 2 is 1.68 bits per heavy atom. The third kappa shape index (κ3) is 7.62. The summed E-state index contributed by atoms with van der Waals surface area (Å²) in [4.78, 5) is 36.2. The van der Waals surface area contributed by atoms with Crippen LogP contribution in [0.25, 0.3) is 11.1 Å². The maximum Gasteiger partial charge on any atom is 0.254 e. The second-order valence-corrected chi connectivity index (χ2v) is 10.4. The van der Waals surface area contributed by atoms with Gasteiger partial charge in [-0.25, -0.2) is 0 Å². The van der Waals surface area contributed by atoms with E-state index < -0.39 is 6.04 Å². The molecule has 7 nitrogen and oxygen atoms in total. The lowest BCUT2D eigenvalue weighted by Gasteiger charge is -2.24. The van der Waals surface area contributed by atoms with Gasteiger partial charge in [-0.3, -0.25) is 9.59 Å². The number of hydrogen-bond donors (Lipinski definition) is 1. The van der Waals surface area contributed by atoms with Gasteiger partial charge in [0.2, 0.25) is 5.91 Å². The molecule has 4 rings (SSSR count). The van der Waals surface area contributed by atoms with Crippen molar-refractivity contribution in [3.05, 3.63) is 94.0 Å². The third-order valence-corrected chi connectivity index (χ3v) is 7.73. The van der Waals surface area contributed by atoms with Crippen molar-refractivity contribution in [2.45, 2.75) is 32.9 Å². The van der Waals surface area contributed by atoms with Crippen LogP contribution in [0, 0.1) is 0 Å². The van der Waals surface area contributed by atoms with Gasteiger partial charge >= 0.3 is 0 Å². The summed E-state index contributed by atoms with van der Waals surface area (Å²) in [5.41, 5.74) is 4.04. The summed E-state index contributed by atoms with van der Waals surface area (Å²) in [6.07, 6.45) is 0.298. The molecular formula is C31H34Cl2N4O3. The molecule has 1 aliphatic heterocycles. The van der Waals surface area contributed by atoms with E-state index in [0.717, 1.165) is 36.3 Å². The number of likely N-dealkylation sites (N-methyl/N-ethyl adjacent to an activating group) is 1. The monoisotopic (exact) mass is 580 g/mol. The van der Waals surface area contributed by atoms with Crippen LogP contribution in [0.1, 0.15) is 36.2 Å². The fourth-order valence-corrected chi connectivity index (χ4v) is 4.96. The fraction of sp³-hybridized carbons (Fsp3) is 0.323. The van der Waals surface area contributed by atoms with Gasteiger partial charge in [0, 0.05) is 25.1 Å². The Balaban J connectivity index is 1.47. The number of nitrogens with one attached hydrogen (secondary N) is 1. The van der Waals surface area contributed by atoms with Gasteiger partial charge < -0.3 is 20.0 Å². The van der Waals surface area contributed by atoms with Crippen LogP contribution in [-0.4, -0.2) is 66.1 Å². The molecule has 210 valence electrons. The van der Waals surface area contributed by atoms with Crippen LogP contribution >= 0.6 is 23.2 Å². The smallest absolute Gasteiger partial charge is 0.254 e. The lowest BCUT2D eigenvalue weighted by atomic mass is 10.0. The van der Waals surface area contributed by atoms with Crippen molar-refractivity contribution in [2.75, 3.05) is 32.7 Å². The van der Waals surface area contributed by atoms with Crippen molar-refractivity contribution in [3.8, 4) is 11.1 Å². The van der Waals surface area contributed by atoms with Crippen molar-refractivity contribution in [1.82, 2.24) is 15.1 Å². The van der Waals surface area contributed by atoms with Gasteiger partial charge in [0.05, 0.1) is 22.3 Å². The van der Waals surface area contributed by atoms with Crippen molar-refractivity contribution in [3.63, 3.8) is 0 Å². The minimum Gasteiger partial charge on any atom is -0.391 e. The molecule has 0 aliphatic carbocycles. The highest BCUT2D eigenvalue weighted by Crippen LogP contribution is 2.25. The number of carbonyl (C=O) groups is 2. The molecule has 0 aromatic heterocycles. The number of likely N-dealkylation sites (tertiary alicyclic amines) is 1. The minimum absolute atomic E-state index is 0.190. The fourth-order valence-electron chi connectivity index (χ4n) is 4.64. The van der Waals surface area contributed by atoms with Crippen LogP contribution in [0.2, 0.25) is 10.0 Å². The molecule has 9 heteroatoms. The topological polar surface area (TPSA) is 74.2 Å². The quantitative estimate of drug-likeness (QED) is 0.286. The molecule has 0 unspecified atom stereocenters. The highest BCUT2D eigenvalue weighted by atomic mass is 35.5. The summed E-state index contributed by atoms with van der Waals surface area (Å²) >= 11 is 12.1. The summed E-state index contributed by atoms with van der Waals surface area (Å²) in [6, 6.07) is 22.0. The molecule has 1 aliphatic rings. The van der Waals surface area contributed by atoms with Crippen LogP contribution < -0.4 is 5.32 Å². The average molecular weight is 582 g/mol. The first-order valence-corrected chi connectivity index (χ1v) is 14.2. The van der Waals surface area contributed by atoms with Gasteiger partial charge in [-0.05, 0) is 54.0 Å². The molecule has 1 heterocycles. The molecular weight excluding hydrogens is 547 g/mol. The predicted octanol–water partition coefficient (Wildman–Crippen LogP) is 5.91. The molecule has 0 radical (unpaired) electrons. The van der Waals surface area contributed by atoms with Gasteiger partial charge in [-0.15, -0.1) is 0 Å². The first-order chi connectivity index (χ1) is 19.4. The summed E-state index contributed by atoms with van der Waals surface area (Å²) in [7, 11) is 0. The molecule has 0 bridgehead atoms. The number of hydrogen-bond acceptors (Lipinski definition) is 5. The van der Waals surface area contributed by atoms with Gasteiger partial charge in [0.15, 0.2) is 0 Å². The zero-order valence-electron chi connectivity index (χ0n) is 22.8. The summed E-state index contributed by atoms with van der Waals surface area (Å²) in [5, 5.41) is 8.19. The Kier molecular flexibility index (Phi) is 10.6. The predicted molar refractivity (Wildman–Crippen MR) is 161 cm³/mol. The second-order valence-electron chi connectivity index (χ2n) is 9.59. The van der Waals surface area contributed by atoms with Crippen molar-refractivity contribution < 1.29 is 14.4 Å².